The van der Waals surface area contributed by atoms with E-state index in [0.29, 0.717) is 60.0 Å². The van der Waals surface area contributed by atoms with Crippen LogP contribution in [0.2, 0.25) is 0 Å². The third-order valence-corrected chi connectivity index (χ3v) is 6.67. The molecule has 1 aromatic carbocycles. The molecule has 4 heterocycles. The minimum atomic E-state index is -0.824. The molecular formula is C27H25N9O2. The quantitative estimate of drug-likeness (QED) is 0.364. The first-order chi connectivity index (χ1) is 18.6. The van der Waals surface area contributed by atoms with Crippen molar-refractivity contribution in [2.24, 2.45) is 0 Å². The zero-order valence-electron chi connectivity index (χ0n) is 20.5. The zero-order valence-corrected chi connectivity index (χ0v) is 20.5. The number of nitrogens with zero attached hydrogens (tertiary/aromatic N) is 8. The summed E-state index contributed by atoms with van der Waals surface area (Å²) in [5.41, 5.74) is 4.03. The van der Waals surface area contributed by atoms with E-state index in [1.54, 1.807) is 16.8 Å². The van der Waals surface area contributed by atoms with Crippen molar-refractivity contribution in [3.63, 3.8) is 0 Å². The third-order valence-electron chi connectivity index (χ3n) is 6.67. The number of rotatable bonds is 8. The van der Waals surface area contributed by atoms with E-state index in [0.717, 1.165) is 30.5 Å². The number of carboxylic acid groups (broad SMARTS) is 1. The maximum atomic E-state index is 11.6. The highest BCUT2D eigenvalue weighted by molar-refractivity contribution is 5.78. The number of aliphatic carboxylic acids is 1. The fourth-order valence-corrected chi connectivity index (χ4v) is 4.62. The van der Waals surface area contributed by atoms with E-state index in [-0.39, 0.29) is 0 Å². The number of carbonyl (C=O) groups is 1. The summed E-state index contributed by atoms with van der Waals surface area (Å²) in [7, 11) is 0. The number of hydrogen-bond donors (Lipinski definition) is 2. The summed E-state index contributed by atoms with van der Waals surface area (Å²) in [6, 6.07) is 16.8. The van der Waals surface area contributed by atoms with Crippen LogP contribution in [-0.2, 0) is 11.3 Å². The van der Waals surface area contributed by atoms with Crippen molar-refractivity contribution >= 4 is 17.7 Å². The molecule has 38 heavy (non-hydrogen) atoms. The molecule has 4 aromatic rings. The molecule has 11 heteroatoms. The molecule has 0 bridgehead atoms. The highest BCUT2D eigenvalue weighted by Gasteiger charge is 2.31. The van der Waals surface area contributed by atoms with Gasteiger partial charge in [-0.1, -0.05) is 23.4 Å². The van der Waals surface area contributed by atoms with Crippen LogP contribution >= 0.6 is 0 Å². The Morgan fingerprint density at radius 2 is 1.89 bits per heavy atom. The predicted octanol–water partition coefficient (Wildman–Crippen LogP) is 3.34. The minimum absolute atomic E-state index is 0.369. The second kappa shape index (κ2) is 9.89. The van der Waals surface area contributed by atoms with Crippen molar-refractivity contribution < 1.29 is 9.90 Å². The lowest BCUT2D eigenvalue weighted by molar-refractivity contribution is -0.138. The topological polar surface area (TPSA) is 146 Å². The number of aromatic nitrogens is 6. The van der Waals surface area contributed by atoms with Gasteiger partial charge in [-0.3, -0.25) is 0 Å². The summed E-state index contributed by atoms with van der Waals surface area (Å²) in [4.78, 5) is 27.5. The summed E-state index contributed by atoms with van der Waals surface area (Å²) >= 11 is 0. The van der Waals surface area contributed by atoms with Crippen LogP contribution in [0.15, 0.2) is 54.7 Å². The number of hydrogen-bond acceptors (Lipinski definition) is 9. The molecule has 11 nitrogen and oxygen atoms in total. The fraction of sp³-hybridized carbons (Fsp3) is 0.296. The summed E-state index contributed by atoms with van der Waals surface area (Å²) < 4.78 is 1.69. The molecule has 3 aromatic heterocycles. The Labute approximate surface area is 218 Å². The molecule has 0 spiro atoms. The second-order valence-electron chi connectivity index (χ2n) is 9.55. The number of nitrogens with one attached hydrogen (secondary N) is 1. The first-order valence-corrected chi connectivity index (χ1v) is 12.6. The largest absolute Gasteiger partial charge is 0.480 e. The van der Waals surface area contributed by atoms with Crippen molar-refractivity contribution in [3.05, 3.63) is 66.0 Å². The molecule has 2 aliphatic rings. The molecule has 1 aliphatic heterocycles. The van der Waals surface area contributed by atoms with Crippen LogP contribution in [0, 0.1) is 11.3 Å². The predicted molar refractivity (Wildman–Crippen MR) is 139 cm³/mol. The normalized spacial score (nSPS) is 16.8. The molecule has 6 rings (SSSR count). The Balaban J connectivity index is 1.27. The van der Waals surface area contributed by atoms with Gasteiger partial charge in [-0.2, -0.15) is 5.26 Å². The van der Waals surface area contributed by atoms with Crippen molar-refractivity contribution in [3.8, 4) is 28.7 Å². The highest BCUT2D eigenvalue weighted by atomic mass is 16.4. The van der Waals surface area contributed by atoms with Crippen LogP contribution in [0.1, 0.15) is 36.9 Å². The van der Waals surface area contributed by atoms with Gasteiger partial charge in [0.05, 0.1) is 41.5 Å². The average molecular weight is 508 g/mol. The van der Waals surface area contributed by atoms with Gasteiger partial charge in [-0.15, -0.1) is 5.10 Å². The molecule has 2 fully saturated rings. The van der Waals surface area contributed by atoms with Crippen molar-refractivity contribution in [2.75, 3.05) is 16.8 Å². The first kappa shape index (κ1) is 23.5. The Morgan fingerprint density at radius 3 is 2.71 bits per heavy atom. The molecular weight excluding hydrogens is 482 g/mol. The monoisotopic (exact) mass is 507 g/mol. The molecule has 1 saturated carbocycles. The Hall–Kier alpha value is -4.85. The lowest BCUT2D eigenvalue weighted by atomic mass is 10.1. The maximum Gasteiger partial charge on any atom is 0.326 e. The second-order valence-corrected chi connectivity index (χ2v) is 9.55. The van der Waals surface area contributed by atoms with Crippen molar-refractivity contribution in [1.82, 2.24) is 29.9 Å². The van der Waals surface area contributed by atoms with Crippen molar-refractivity contribution in [1.29, 1.82) is 5.26 Å². The Bertz CT molecular complexity index is 1540. The SMILES string of the molecule is N#Cc1cccc(-c2cc(-c3cn(Cc4cccc(N5CCCC5C(=O)O)n4)nn3)nc(NC3CC3)n2)c1. The fourth-order valence-electron chi connectivity index (χ4n) is 4.62. The van der Waals surface area contributed by atoms with Gasteiger partial charge in [0.25, 0.3) is 0 Å². The van der Waals surface area contributed by atoms with Gasteiger partial charge in [0, 0.05) is 18.2 Å². The van der Waals surface area contributed by atoms with E-state index in [1.165, 1.54) is 0 Å². The van der Waals surface area contributed by atoms with E-state index >= 15 is 0 Å². The number of pyridine rings is 1. The molecule has 1 aliphatic carbocycles. The zero-order chi connectivity index (χ0) is 26.1. The molecule has 2 N–H and O–H groups in total. The molecule has 190 valence electrons. The average Bonchev–Trinajstić information content (AvgIpc) is 3.39. The minimum Gasteiger partial charge on any atom is -0.480 e. The summed E-state index contributed by atoms with van der Waals surface area (Å²) in [5, 5.41) is 30.8. The molecule has 1 saturated heterocycles. The first-order valence-electron chi connectivity index (χ1n) is 12.6. The van der Waals surface area contributed by atoms with E-state index in [9.17, 15) is 15.2 Å². The lowest BCUT2D eigenvalue weighted by Crippen LogP contribution is -2.36. The third kappa shape index (κ3) is 5.01. The van der Waals surface area contributed by atoms with Gasteiger partial charge >= 0.3 is 5.97 Å². The van der Waals surface area contributed by atoms with Gasteiger partial charge in [-0.25, -0.2) is 24.4 Å². The van der Waals surface area contributed by atoms with Gasteiger partial charge in [0.2, 0.25) is 5.95 Å². The lowest BCUT2D eigenvalue weighted by Gasteiger charge is -2.22. The van der Waals surface area contributed by atoms with Crippen LogP contribution < -0.4 is 10.2 Å². The van der Waals surface area contributed by atoms with Crippen LogP contribution in [0.4, 0.5) is 11.8 Å². The molecule has 0 amide bonds. The van der Waals surface area contributed by atoms with Crippen LogP contribution in [-0.4, -0.2) is 59.7 Å². The highest BCUT2D eigenvalue weighted by Crippen LogP contribution is 2.28. The van der Waals surface area contributed by atoms with Crippen molar-refractivity contribution in [2.45, 2.75) is 44.3 Å². The summed E-state index contributed by atoms with van der Waals surface area (Å²) in [6.45, 7) is 1.05. The van der Waals surface area contributed by atoms with Crippen LogP contribution in [0.3, 0.4) is 0 Å². The molecule has 0 radical (unpaired) electrons. The summed E-state index contributed by atoms with van der Waals surface area (Å²) in [5.74, 6) is 0.350. The smallest absolute Gasteiger partial charge is 0.326 e. The number of benzene rings is 1. The summed E-state index contributed by atoms with van der Waals surface area (Å²) in [6.07, 6.45) is 5.42. The van der Waals surface area contributed by atoms with Gasteiger partial charge in [0.1, 0.15) is 17.6 Å². The van der Waals surface area contributed by atoms with Crippen LogP contribution in [0.5, 0.6) is 0 Å². The molecule has 1 atom stereocenters. The van der Waals surface area contributed by atoms with Gasteiger partial charge in [-0.05, 0) is 56.0 Å². The van der Waals surface area contributed by atoms with Gasteiger partial charge in [0.15, 0.2) is 0 Å². The maximum absolute atomic E-state index is 11.6. The van der Waals surface area contributed by atoms with E-state index in [2.05, 4.69) is 31.7 Å². The number of anilines is 2. The molecule has 1 unspecified atom stereocenters. The Kier molecular flexibility index (Phi) is 6.13. The standard InChI is InChI=1S/C27H25N9O2/c28-14-17-4-1-5-18(12-17)21-13-22(32-27(31-21)30-19-9-10-19)23-16-35(34-33-23)15-20-6-2-8-25(29-20)36-11-3-7-24(36)26(37)38/h1-2,4-6,8,12-13,16,19,24H,3,7,9-11,15H2,(H,37,38)(H,30,31,32). The number of carboxylic acids is 1. The number of nitriles is 1. The van der Waals surface area contributed by atoms with Crippen LogP contribution in [0.25, 0.3) is 22.6 Å². The van der Waals surface area contributed by atoms with E-state index < -0.39 is 12.0 Å². The van der Waals surface area contributed by atoms with E-state index in [4.69, 9.17) is 4.98 Å². The van der Waals surface area contributed by atoms with E-state index in [1.807, 2.05) is 47.5 Å². The van der Waals surface area contributed by atoms with Gasteiger partial charge < -0.3 is 15.3 Å². The Morgan fingerprint density at radius 1 is 1.05 bits per heavy atom.